The minimum atomic E-state index is -0.607. The topological polar surface area (TPSA) is 57.6 Å². The quantitative estimate of drug-likeness (QED) is 0.773. The Morgan fingerprint density at radius 3 is 2.58 bits per heavy atom. The maximum absolute atomic E-state index is 12.4. The molecule has 1 aromatic carbocycles. The van der Waals surface area contributed by atoms with Gasteiger partial charge in [-0.25, -0.2) is 0 Å². The molecule has 1 atom stereocenters. The van der Waals surface area contributed by atoms with Crippen LogP contribution in [0.15, 0.2) is 30.3 Å². The van der Waals surface area contributed by atoms with Crippen LogP contribution in [0.3, 0.4) is 0 Å². The smallest absolute Gasteiger partial charge is 0.316 e. The fraction of sp³-hybridized carbons (Fsp3) is 0.429. The molecule has 5 heteroatoms. The van der Waals surface area contributed by atoms with E-state index in [-0.39, 0.29) is 5.97 Å². The normalized spacial score (nSPS) is 16.4. The Morgan fingerprint density at radius 2 is 1.96 bits per heavy atom. The SMILES string of the molecule is COC1OCc2c(Cc3ccccc3)nc(C)c(OC(=O)C(C)(C)C)c21. The lowest BCUT2D eigenvalue weighted by Crippen LogP contribution is -2.27. The molecule has 0 spiro atoms. The predicted octanol–water partition coefficient (Wildman–Crippen LogP) is 4.11. The first-order chi connectivity index (χ1) is 12.3. The summed E-state index contributed by atoms with van der Waals surface area (Å²) in [5.41, 5.74) is 3.89. The van der Waals surface area contributed by atoms with Crippen molar-refractivity contribution in [2.24, 2.45) is 5.41 Å². The van der Waals surface area contributed by atoms with Gasteiger partial charge in [-0.1, -0.05) is 30.3 Å². The summed E-state index contributed by atoms with van der Waals surface area (Å²) in [6, 6.07) is 10.2. The van der Waals surface area contributed by atoms with Crippen molar-refractivity contribution in [2.45, 2.75) is 47.0 Å². The van der Waals surface area contributed by atoms with Crippen molar-refractivity contribution in [3.05, 3.63) is 58.4 Å². The number of rotatable bonds is 4. The maximum atomic E-state index is 12.4. The van der Waals surface area contributed by atoms with Gasteiger partial charge >= 0.3 is 5.97 Å². The first-order valence-electron chi connectivity index (χ1n) is 8.74. The number of carbonyl (C=O) groups excluding carboxylic acids is 1. The third-order valence-electron chi connectivity index (χ3n) is 4.40. The summed E-state index contributed by atoms with van der Waals surface area (Å²) < 4.78 is 17.0. The zero-order chi connectivity index (χ0) is 18.9. The van der Waals surface area contributed by atoms with Crippen LogP contribution in [-0.4, -0.2) is 18.1 Å². The Labute approximate surface area is 154 Å². The number of ether oxygens (including phenoxy) is 3. The number of hydrogen-bond donors (Lipinski definition) is 0. The Morgan fingerprint density at radius 1 is 1.27 bits per heavy atom. The van der Waals surface area contributed by atoms with E-state index >= 15 is 0 Å². The lowest BCUT2D eigenvalue weighted by Gasteiger charge is -2.21. The number of aryl methyl sites for hydroxylation is 1. The van der Waals surface area contributed by atoms with Gasteiger partial charge < -0.3 is 14.2 Å². The molecule has 0 radical (unpaired) electrons. The van der Waals surface area contributed by atoms with Crippen LogP contribution >= 0.6 is 0 Å². The summed E-state index contributed by atoms with van der Waals surface area (Å²) in [7, 11) is 1.59. The summed E-state index contributed by atoms with van der Waals surface area (Å²) in [5, 5.41) is 0. The maximum Gasteiger partial charge on any atom is 0.316 e. The van der Waals surface area contributed by atoms with Crippen molar-refractivity contribution in [1.82, 2.24) is 4.98 Å². The average molecular weight is 355 g/mol. The first-order valence-corrected chi connectivity index (χ1v) is 8.74. The van der Waals surface area contributed by atoms with Crippen LogP contribution in [0, 0.1) is 12.3 Å². The van der Waals surface area contributed by atoms with Crippen LogP contribution < -0.4 is 4.74 Å². The highest BCUT2D eigenvalue weighted by Gasteiger charge is 2.34. The number of esters is 1. The van der Waals surface area contributed by atoms with E-state index in [0.29, 0.717) is 24.5 Å². The second kappa shape index (κ2) is 7.17. The summed E-state index contributed by atoms with van der Waals surface area (Å²) in [4.78, 5) is 17.2. The van der Waals surface area contributed by atoms with E-state index in [1.807, 2.05) is 45.9 Å². The van der Waals surface area contributed by atoms with E-state index in [4.69, 9.17) is 19.2 Å². The minimum Gasteiger partial charge on any atom is -0.424 e. The zero-order valence-electron chi connectivity index (χ0n) is 16.0. The zero-order valence-corrected chi connectivity index (χ0v) is 16.0. The molecule has 0 bridgehead atoms. The summed E-state index contributed by atoms with van der Waals surface area (Å²) in [5.74, 6) is 0.156. The standard InChI is InChI=1S/C21H25NO4/c1-13-18(26-20(23)21(2,3)4)17-15(12-25-19(17)24-5)16(22-13)11-14-9-7-6-8-10-14/h6-10,19H,11-12H2,1-5H3. The molecule has 1 aromatic heterocycles. The van der Waals surface area contributed by atoms with Crippen LogP contribution in [0.4, 0.5) is 0 Å². The number of nitrogens with zero attached hydrogens (tertiary/aromatic N) is 1. The van der Waals surface area contributed by atoms with Gasteiger partial charge in [0.15, 0.2) is 12.0 Å². The number of fused-ring (bicyclic) bond motifs is 1. The fourth-order valence-electron chi connectivity index (χ4n) is 2.96. The Kier molecular flexibility index (Phi) is 5.12. The molecule has 2 aromatic rings. The number of hydrogen-bond acceptors (Lipinski definition) is 5. The van der Waals surface area contributed by atoms with Gasteiger partial charge in [0, 0.05) is 19.1 Å². The minimum absolute atomic E-state index is 0.304. The number of carbonyl (C=O) groups is 1. The van der Waals surface area contributed by atoms with E-state index < -0.39 is 11.7 Å². The highest BCUT2D eigenvalue weighted by atomic mass is 16.7. The lowest BCUT2D eigenvalue weighted by atomic mass is 9.97. The Balaban J connectivity index is 2.04. The van der Waals surface area contributed by atoms with Gasteiger partial charge in [-0.3, -0.25) is 9.78 Å². The predicted molar refractivity (Wildman–Crippen MR) is 97.9 cm³/mol. The van der Waals surface area contributed by atoms with Crippen LogP contribution in [-0.2, 0) is 27.3 Å². The van der Waals surface area contributed by atoms with Crippen LogP contribution in [0.25, 0.3) is 0 Å². The molecule has 1 unspecified atom stereocenters. The molecule has 138 valence electrons. The molecule has 0 aliphatic carbocycles. The van der Waals surface area contributed by atoms with Crippen molar-refractivity contribution >= 4 is 5.97 Å². The van der Waals surface area contributed by atoms with E-state index in [2.05, 4.69) is 12.1 Å². The third kappa shape index (κ3) is 3.64. The molecule has 0 N–H and O–H groups in total. The van der Waals surface area contributed by atoms with Gasteiger partial charge in [-0.15, -0.1) is 0 Å². The monoisotopic (exact) mass is 355 g/mol. The largest absolute Gasteiger partial charge is 0.424 e. The third-order valence-corrected chi connectivity index (χ3v) is 4.40. The van der Waals surface area contributed by atoms with Gasteiger partial charge in [0.05, 0.1) is 29.0 Å². The van der Waals surface area contributed by atoms with Gasteiger partial charge in [0.25, 0.3) is 0 Å². The van der Waals surface area contributed by atoms with Crippen LogP contribution in [0.5, 0.6) is 5.75 Å². The van der Waals surface area contributed by atoms with E-state index in [1.54, 1.807) is 7.11 Å². The summed E-state index contributed by atoms with van der Waals surface area (Å²) in [6.07, 6.45) is 0.140. The van der Waals surface area contributed by atoms with Crippen molar-refractivity contribution in [3.8, 4) is 5.75 Å². The van der Waals surface area contributed by atoms with Crippen molar-refractivity contribution in [1.29, 1.82) is 0 Å². The van der Waals surface area contributed by atoms with Crippen LogP contribution in [0.2, 0.25) is 0 Å². The number of methoxy groups -OCH3 is 1. The average Bonchev–Trinajstić information content (AvgIpc) is 3.02. The molecular formula is C21H25NO4. The molecular weight excluding hydrogens is 330 g/mol. The fourth-order valence-corrected chi connectivity index (χ4v) is 2.96. The molecule has 1 aliphatic heterocycles. The second-order valence-electron chi connectivity index (χ2n) is 7.55. The molecule has 3 rings (SSSR count). The number of aromatic nitrogens is 1. The van der Waals surface area contributed by atoms with Crippen molar-refractivity contribution in [3.63, 3.8) is 0 Å². The molecule has 0 amide bonds. The molecule has 0 saturated carbocycles. The molecule has 0 saturated heterocycles. The highest BCUT2D eigenvalue weighted by molar-refractivity contribution is 5.78. The molecule has 1 aliphatic rings. The van der Waals surface area contributed by atoms with Crippen LogP contribution in [0.1, 0.15) is 55.1 Å². The van der Waals surface area contributed by atoms with Gasteiger partial charge in [0.2, 0.25) is 0 Å². The Bertz CT molecular complexity index is 809. The Hall–Kier alpha value is -2.24. The molecule has 5 nitrogen and oxygen atoms in total. The van der Waals surface area contributed by atoms with Crippen molar-refractivity contribution in [2.75, 3.05) is 7.11 Å². The van der Waals surface area contributed by atoms with Crippen molar-refractivity contribution < 1.29 is 19.0 Å². The number of benzene rings is 1. The summed E-state index contributed by atoms with van der Waals surface area (Å²) >= 11 is 0. The van der Waals surface area contributed by atoms with Gasteiger partial charge in [-0.2, -0.15) is 0 Å². The molecule has 0 fully saturated rings. The van der Waals surface area contributed by atoms with E-state index in [1.165, 1.54) is 5.56 Å². The van der Waals surface area contributed by atoms with E-state index in [0.717, 1.165) is 16.8 Å². The summed E-state index contributed by atoms with van der Waals surface area (Å²) in [6.45, 7) is 7.72. The van der Waals surface area contributed by atoms with E-state index in [9.17, 15) is 4.79 Å². The molecule has 26 heavy (non-hydrogen) atoms. The van der Waals surface area contributed by atoms with Gasteiger partial charge in [-0.05, 0) is 33.3 Å². The number of pyridine rings is 1. The lowest BCUT2D eigenvalue weighted by molar-refractivity contribution is -0.143. The molecule has 2 heterocycles. The first kappa shape index (κ1) is 18.5. The highest BCUT2D eigenvalue weighted by Crippen LogP contribution is 2.42. The second-order valence-corrected chi connectivity index (χ2v) is 7.55. The van der Waals surface area contributed by atoms with Gasteiger partial charge in [0.1, 0.15) is 0 Å².